The van der Waals surface area contributed by atoms with E-state index < -0.39 is 0 Å². The number of rotatable bonds is 6. The molecule has 0 aromatic heterocycles. The van der Waals surface area contributed by atoms with Crippen LogP contribution in [0.4, 0.5) is 0 Å². The standard InChI is InChI=1S/C6H14N2O/c1-3-7-5-6-8-9-4-2/h3,7-8H,1,4-6H2,2H3. The predicted molar refractivity (Wildman–Crippen MR) is 37.8 cm³/mol. The quantitative estimate of drug-likeness (QED) is 0.400. The van der Waals surface area contributed by atoms with Gasteiger partial charge in [0.25, 0.3) is 0 Å². The van der Waals surface area contributed by atoms with E-state index in [-0.39, 0.29) is 0 Å². The second-order valence-electron chi connectivity index (χ2n) is 1.49. The maximum absolute atomic E-state index is 4.86. The maximum Gasteiger partial charge on any atom is 0.0653 e. The van der Waals surface area contributed by atoms with Crippen molar-refractivity contribution in [3.63, 3.8) is 0 Å². The number of nitrogens with one attached hydrogen (secondary N) is 2. The van der Waals surface area contributed by atoms with Gasteiger partial charge in [-0.2, -0.15) is 0 Å². The van der Waals surface area contributed by atoms with E-state index in [1.807, 2.05) is 6.92 Å². The third-order valence-electron chi connectivity index (χ3n) is 0.762. The summed E-state index contributed by atoms with van der Waals surface area (Å²) in [6.45, 7) is 7.80. The van der Waals surface area contributed by atoms with Gasteiger partial charge in [-0.3, -0.25) is 0 Å². The zero-order valence-corrected chi connectivity index (χ0v) is 5.81. The Hall–Kier alpha value is -0.540. The van der Waals surface area contributed by atoms with Crippen molar-refractivity contribution in [2.75, 3.05) is 19.7 Å². The molecule has 54 valence electrons. The van der Waals surface area contributed by atoms with Crippen molar-refractivity contribution >= 4 is 0 Å². The molecule has 0 aliphatic carbocycles. The topological polar surface area (TPSA) is 33.3 Å². The van der Waals surface area contributed by atoms with E-state index in [0.29, 0.717) is 6.61 Å². The molecule has 0 aliphatic rings. The number of hydroxylamine groups is 1. The van der Waals surface area contributed by atoms with Crippen molar-refractivity contribution in [3.05, 3.63) is 12.8 Å². The zero-order valence-electron chi connectivity index (χ0n) is 5.81. The molecule has 0 saturated carbocycles. The highest BCUT2D eigenvalue weighted by Crippen LogP contribution is 1.62. The van der Waals surface area contributed by atoms with Gasteiger partial charge >= 0.3 is 0 Å². The summed E-state index contributed by atoms with van der Waals surface area (Å²) in [6, 6.07) is 0. The van der Waals surface area contributed by atoms with E-state index in [2.05, 4.69) is 17.4 Å². The first-order valence-electron chi connectivity index (χ1n) is 3.10. The molecule has 0 rings (SSSR count). The normalized spacial score (nSPS) is 9.00. The molecule has 0 heterocycles. The van der Waals surface area contributed by atoms with E-state index in [1.54, 1.807) is 6.20 Å². The first kappa shape index (κ1) is 8.46. The van der Waals surface area contributed by atoms with Gasteiger partial charge < -0.3 is 10.2 Å². The van der Waals surface area contributed by atoms with Crippen LogP contribution in [0.1, 0.15) is 6.92 Å². The Kier molecular flexibility index (Phi) is 7.01. The van der Waals surface area contributed by atoms with E-state index in [9.17, 15) is 0 Å². The average molecular weight is 130 g/mol. The summed E-state index contributed by atoms with van der Waals surface area (Å²) in [4.78, 5) is 4.86. The number of hydrogen-bond acceptors (Lipinski definition) is 3. The summed E-state index contributed by atoms with van der Waals surface area (Å²) in [6.07, 6.45) is 1.66. The van der Waals surface area contributed by atoms with Crippen LogP contribution >= 0.6 is 0 Å². The first-order valence-corrected chi connectivity index (χ1v) is 3.10. The zero-order chi connectivity index (χ0) is 6.95. The second kappa shape index (κ2) is 7.46. The monoisotopic (exact) mass is 130 g/mol. The van der Waals surface area contributed by atoms with Crippen LogP contribution in [0.5, 0.6) is 0 Å². The minimum Gasteiger partial charge on any atom is -0.390 e. The van der Waals surface area contributed by atoms with Crippen LogP contribution in [0.15, 0.2) is 12.8 Å². The lowest BCUT2D eigenvalue weighted by Gasteiger charge is -2.01. The van der Waals surface area contributed by atoms with Gasteiger partial charge in [0.1, 0.15) is 0 Å². The largest absolute Gasteiger partial charge is 0.390 e. The van der Waals surface area contributed by atoms with Crippen LogP contribution in [0.2, 0.25) is 0 Å². The molecule has 0 aromatic carbocycles. The molecule has 3 heteroatoms. The van der Waals surface area contributed by atoms with Gasteiger partial charge in [-0.15, -0.1) is 0 Å². The van der Waals surface area contributed by atoms with Crippen molar-refractivity contribution in [2.45, 2.75) is 6.92 Å². The lowest BCUT2D eigenvalue weighted by molar-refractivity contribution is 0.0523. The van der Waals surface area contributed by atoms with Gasteiger partial charge in [-0.05, 0) is 13.1 Å². The van der Waals surface area contributed by atoms with Crippen LogP contribution in [-0.2, 0) is 4.84 Å². The molecule has 0 spiro atoms. The van der Waals surface area contributed by atoms with Gasteiger partial charge in [0, 0.05) is 13.1 Å². The smallest absolute Gasteiger partial charge is 0.0653 e. The Labute approximate surface area is 56.0 Å². The van der Waals surface area contributed by atoms with Crippen molar-refractivity contribution in [3.8, 4) is 0 Å². The second-order valence-corrected chi connectivity index (χ2v) is 1.49. The molecule has 0 radical (unpaired) electrons. The highest BCUT2D eigenvalue weighted by atomic mass is 16.6. The Balaban J connectivity index is 2.66. The molecule has 0 atom stereocenters. The molecular weight excluding hydrogens is 116 g/mol. The van der Waals surface area contributed by atoms with Crippen molar-refractivity contribution < 1.29 is 4.84 Å². The van der Waals surface area contributed by atoms with Crippen LogP contribution in [0.3, 0.4) is 0 Å². The molecule has 0 aliphatic heterocycles. The summed E-state index contributed by atoms with van der Waals surface area (Å²) in [7, 11) is 0. The van der Waals surface area contributed by atoms with Crippen molar-refractivity contribution in [2.24, 2.45) is 0 Å². The highest BCUT2D eigenvalue weighted by molar-refractivity contribution is 4.61. The van der Waals surface area contributed by atoms with Crippen LogP contribution in [0.25, 0.3) is 0 Å². The molecule has 0 saturated heterocycles. The summed E-state index contributed by atoms with van der Waals surface area (Å²) in [5.41, 5.74) is 2.76. The molecule has 0 amide bonds. The van der Waals surface area contributed by atoms with E-state index in [0.717, 1.165) is 13.1 Å². The van der Waals surface area contributed by atoms with Gasteiger partial charge in [-0.25, -0.2) is 5.48 Å². The molecule has 2 N–H and O–H groups in total. The Bertz CT molecular complexity index is 66.1. The SMILES string of the molecule is C=CNCCNOCC. The minimum absolute atomic E-state index is 0.702. The Morgan fingerprint density at radius 3 is 2.89 bits per heavy atom. The molecule has 0 bridgehead atoms. The summed E-state index contributed by atoms with van der Waals surface area (Å²) in [5.74, 6) is 0. The predicted octanol–water partition coefficient (Wildman–Crippen LogP) is 0.261. The third-order valence-corrected chi connectivity index (χ3v) is 0.762. The molecule has 0 aromatic rings. The molecule has 0 fully saturated rings. The van der Waals surface area contributed by atoms with Crippen molar-refractivity contribution in [1.82, 2.24) is 10.8 Å². The minimum atomic E-state index is 0.702. The highest BCUT2D eigenvalue weighted by Gasteiger charge is 1.79. The van der Waals surface area contributed by atoms with Crippen molar-refractivity contribution in [1.29, 1.82) is 0 Å². The van der Waals surface area contributed by atoms with Crippen LogP contribution in [-0.4, -0.2) is 19.7 Å². The van der Waals surface area contributed by atoms with Crippen LogP contribution < -0.4 is 10.8 Å². The van der Waals surface area contributed by atoms with Gasteiger partial charge in [0.15, 0.2) is 0 Å². The molecular formula is C6H14N2O. The molecule has 3 nitrogen and oxygen atoms in total. The molecule has 9 heavy (non-hydrogen) atoms. The van der Waals surface area contributed by atoms with Crippen LogP contribution in [0, 0.1) is 0 Å². The van der Waals surface area contributed by atoms with Gasteiger partial charge in [0.05, 0.1) is 6.61 Å². The average Bonchev–Trinajstić information content (AvgIpc) is 1.89. The Morgan fingerprint density at radius 1 is 1.56 bits per heavy atom. The third kappa shape index (κ3) is 7.46. The lowest BCUT2D eigenvalue weighted by Crippen LogP contribution is -2.24. The summed E-state index contributed by atoms with van der Waals surface area (Å²) < 4.78 is 0. The lowest BCUT2D eigenvalue weighted by atomic mass is 10.6. The fourth-order valence-electron chi connectivity index (χ4n) is 0.399. The summed E-state index contributed by atoms with van der Waals surface area (Å²) in [5, 5.41) is 2.93. The fraction of sp³-hybridized carbons (Fsp3) is 0.667. The molecule has 0 unspecified atom stereocenters. The fourth-order valence-corrected chi connectivity index (χ4v) is 0.399. The van der Waals surface area contributed by atoms with Gasteiger partial charge in [0.2, 0.25) is 0 Å². The van der Waals surface area contributed by atoms with E-state index in [4.69, 9.17) is 4.84 Å². The number of hydrogen-bond donors (Lipinski definition) is 2. The maximum atomic E-state index is 4.86. The van der Waals surface area contributed by atoms with E-state index in [1.165, 1.54) is 0 Å². The summed E-state index contributed by atoms with van der Waals surface area (Å²) >= 11 is 0. The first-order chi connectivity index (χ1) is 4.41. The van der Waals surface area contributed by atoms with Gasteiger partial charge in [-0.1, -0.05) is 6.58 Å². The van der Waals surface area contributed by atoms with E-state index >= 15 is 0 Å². The Morgan fingerprint density at radius 2 is 2.33 bits per heavy atom.